The van der Waals surface area contributed by atoms with Gasteiger partial charge in [0.2, 0.25) is 0 Å². The summed E-state index contributed by atoms with van der Waals surface area (Å²) < 4.78 is 9.58. The van der Waals surface area contributed by atoms with Gasteiger partial charge in [-0.05, 0) is 32.8 Å². The van der Waals surface area contributed by atoms with Crippen LogP contribution < -0.4 is 11.1 Å². The SMILES string of the molecule is CC(C)(C)OC=O.[NH-]C(CCCCNC(=O)OCc1ccccc1)C(N)=O. The molecule has 1 atom stereocenters. The number of nitrogens with one attached hydrogen (secondary N) is 2. The fraction of sp³-hybridized carbons (Fsp3) is 0.526. The van der Waals surface area contributed by atoms with E-state index < -0.39 is 18.0 Å². The van der Waals surface area contributed by atoms with E-state index in [1.807, 2.05) is 51.1 Å². The molecule has 1 rings (SSSR count). The highest BCUT2D eigenvalue weighted by Crippen LogP contribution is 2.04. The first kappa shape index (κ1) is 24.4. The minimum Gasteiger partial charge on any atom is -0.667 e. The lowest BCUT2D eigenvalue weighted by Gasteiger charge is -2.14. The largest absolute Gasteiger partial charge is 0.667 e. The number of amides is 2. The Morgan fingerprint density at radius 3 is 2.33 bits per heavy atom. The van der Waals surface area contributed by atoms with Gasteiger partial charge in [0.15, 0.2) is 5.91 Å². The molecule has 27 heavy (non-hydrogen) atoms. The summed E-state index contributed by atoms with van der Waals surface area (Å²) in [5, 5.41) is 2.62. The molecular weight excluding hydrogens is 350 g/mol. The number of carbonyl (C=O) groups excluding carboxylic acids is 3. The first-order valence-corrected chi connectivity index (χ1v) is 8.72. The molecule has 0 aliphatic heterocycles. The zero-order valence-corrected chi connectivity index (χ0v) is 16.2. The van der Waals surface area contributed by atoms with E-state index in [0.717, 1.165) is 5.56 Å². The molecular formula is C19H30N3O5-. The molecule has 8 heteroatoms. The molecule has 0 aliphatic rings. The third-order valence-corrected chi connectivity index (χ3v) is 3.15. The van der Waals surface area contributed by atoms with E-state index in [9.17, 15) is 14.4 Å². The smallest absolute Gasteiger partial charge is 0.407 e. The molecule has 0 heterocycles. The average molecular weight is 380 g/mol. The average Bonchev–Trinajstić information content (AvgIpc) is 2.59. The summed E-state index contributed by atoms with van der Waals surface area (Å²) in [5.74, 6) is -0.611. The topological polar surface area (TPSA) is 132 Å². The highest BCUT2D eigenvalue weighted by Gasteiger charge is 2.07. The Hall–Kier alpha value is -2.61. The molecule has 1 aromatic carbocycles. The van der Waals surface area contributed by atoms with Crippen molar-refractivity contribution in [2.24, 2.45) is 5.73 Å². The summed E-state index contributed by atoms with van der Waals surface area (Å²) in [6.45, 7) is 6.62. The number of primary amides is 1. The monoisotopic (exact) mass is 380 g/mol. The summed E-state index contributed by atoms with van der Waals surface area (Å²) in [6.07, 6.45) is 1.29. The van der Waals surface area contributed by atoms with Crippen LogP contribution in [0.2, 0.25) is 0 Å². The minimum atomic E-state index is -0.861. The summed E-state index contributed by atoms with van der Waals surface area (Å²) >= 11 is 0. The van der Waals surface area contributed by atoms with E-state index >= 15 is 0 Å². The molecule has 0 aromatic heterocycles. The molecule has 1 unspecified atom stereocenters. The molecule has 152 valence electrons. The van der Waals surface area contributed by atoms with Crippen molar-refractivity contribution in [2.75, 3.05) is 6.54 Å². The fourth-order valence-electron chi connectivity index (χ4n) is 1.72. The molecule has 0 saturated carbocycles. The van der Waals surface area contributed by atoms with Gasteiger partial charge in [-0.25, -0.2) is 4.79 Å². The van der Waals surface area contributed by atoms with Gasteiger partial charge in [-0.3, -0.25) is 9.59 Å². The van der Waals surface area contributed by atoms with Gasteiger partial charge in [0.05, 0.1) is 0 Å². The molecule has 8 nitrogen and oxygen atoms in total. The number of nitrogens with two attached hydrogens (primary N) is 1. The predicted octanol–water partition coefficient (Wildman–Crippen LogP) is 2.95. The number of benzene rings is 1. The van der Waals surface area contributed by atoms with Gasteiger partial charge in [-0.1, -0.05) is 49.2 Å². The minimum absolute atomic E-state index is 0.239. The van der Waals surface area contributed by atoms with Gasteiger partial charge in [0.25, 0.3) is 6.47 Å². The highest BCUT2D eigenvalue weighted by atomic mass is 16.5. The second-order valence-corrected chi connectivity index (χ2v) is 6.77. The highest BCUT2D eigenvalue weighted by molar-refractivity contribution is 5.81. The Kier molecular flexibility index (Phi) is 12.3. The quantitative estimate of drug-likeness (QED) is 0.502. The van der Waals surface area contributed by atoms with Crippen LogP contribution in [0.3, 0.4) is 0 Å². The van der Waals surface area contributed by atoms with Crippen LogP contribution in [-0.2, 0) is 25.7 Å². The van der Waals surface area contributed by atoms with Crippen LogP contribution in [0.4, 0.5) is 4.79 Å². The van der Waals surface area contributed by atoms with E-state index in [-0.39, 0.29) is 12.2 Å². The van der Waals surface area contributed by atoms with Gasteiger partial charge < -0.3 is 26.3 Å². The van der Waals surface area contributed by atoms with Crippen LogP contribution in [0.15, 0.2) is 30.3 Å². The van der Waals surface area contributed by atoms with Gasteiger partial charge in [-0.2, -0.15) is 0 Å². The molecule has 0 radical (unpaired) electrons. The summed E-state index contributed by atoms with van der Waals surface area (Å²) in [7, 11) is 0. The summed E-state index contributed by atoms with van der Waals surface area (Å²) in [4.78, 5) is 31.6. The van der Waals surface area contributed by atoms with E-state index in [4.69, 9.17) is 16.2 Å². The van der Waals surface area contributed by atoms with Crippen molar-refractivity contribution in [1.82, 2.24) is 5.32 Å². The zero-order chi connectivity index (χ0) is 20.7. The van der Waals surface area contributed by atoms with Crippen molar-refractivity contribution in [3.05, 3.63) is 41.6 Å². The molecule has 0 fully saturated rings. The van der Waals surface area contributed by atoms with Gasteiger partial charge in [-0.15, -0.1) is 0 Å². The number of ether oxygens (including phenoxy) is 2. The molecule has 0 spiro atoms. The van der Waals surface area contributed by atoms with Crippen LogP contribution in [0.25, 0.3) is 5.73 Å². The van der Waals surface area contributed by atoms with Crippen molar-refractivity contribution >= 4 is 18.5 Å². The lowest BCUT2D eigenvalue weighted by atomic mass is 10.1. The van der Waals surface area contributed by atoms with Crippen LogP contribution in [0.5, 0.6) is 0 Å². The second kappa shape index (κ2) is 13.6. The lowest BCUT2D eigenvalue weighted by molar-refractivity contribution is -0.138. The Bertz CT molecular complexity index is 558. The second-order valence-electron chi connectivity index (χ2n) is 6.77. The van der Waals surface area contributed by atoms with Crippen LogP contribution in [0, 0.1) is 0 Å². The maximum Gasteiger partial charge on any atom is 0.407 e. The number of hydrogen-bond donors (Lipinski definition) is 2. The van der Waals surface area contributed by atoms with Crippen molar-refractivity contribution in [3.63, 3.8) is 0 Å². The van der Waals surface area contributed by atoms with E-state index in [0.29, 0.717) is 32.3 Å². The number of carbonyl (C=O) groups is 3. The van der Waals surface area contributed by atoms with Gasteiger partial charge in [0, 0.05) is 6.54 Å². The third kappa shape index (κ3) is 15.4. The molecule has 2 amide bonds. The molecule has 1 aromatic rings. The zero-order valence-electron chi connectivity index (χ0n) is 16.2. The van der Waals surface area contributed by atoms with E-state index in [1.165, 1.54) is 0 Å². The van der Waals surface area contributed by atoms with Crippen LogP contribution in [-0.4, -0.2) is 36.7 Å². The van der Waals surface area contributed by atoms with Crippen molar-refractivity contribution in [1.29, 1.82) is 0 Å². The number of unbranched alkanes of at least 4 members (excludes halogenated alkanes) is 1. The molecule has 0 saturated heterocycles. The third-order valence-electron chi connectivity index (χ3n) is 3.15. The normalized spacial score (nSPS) is 11.4. The lowest BCUT2D eigenvalue weighted by Crippen LogP contribution is -2.27. The maximum absolute atomic E-state index is 11.4. The predicted molar refractivity (Wildman–Crippen MR) is 103 cm³/mol. The Labute approximate surface area is 160 Å². The van der Waals surface area contributed by atoms with Crippen molar-refractivity contribution < 1.29 is 23.9 Å². The number of rotatable bonds is 9. The van der Waals surface area contributed by atoms with Crippen LogP contribution >= 0.6 is 0 Å². The molecule has 0 bridgehead atoms. The number of alkyl carbamates (subject to hydrolysis) is 1. The van der Waals surface area contributed by atoms with Gasteiger partial charge >= 0.3 is 6.09 Å². The van der Waals surface area contributed by atoms with E-state index in [2.05, 4.69) is 10.1 Å². The number of hydrogen-bond acceptors (Lipinski definition) is 5. The summed E-state index contributed by atoms with van der Waals surface area (Å²) in [6, 6.07) is 8.56. The molecule has 4 N–H and O–H groups in total. The Morgan fingerprint density at radius 2 is 1.85 bits per heavy atom. The van der Waals surface area contributed by atoms with Crippen molar-refractivity contribution in [2.45, 2.75) is 58.3 Å². The molecule has 0 aliphatic carbocycles. The van der Waals surface area contributed by atoms with Crippen molar-refractivity contribution in [3.8, 4) is 0 Å². The Morgan fingerprint density at radius 1 is 1.22 bits per heavy atom. The first-order chi connectivity index (χ1) is 12.7. The van der Waals surface area contributed by atoms with Crippen LogP contribution in [0.1, 0.15) is 45.6 Å². The van der Waals surface area contributed by atoms with E-state index in [1.54, 1.807) is 0 Å². The maximum atomic E-state index is 11.4. The fourth-order valence-corrected chi connectivity index (χ4v) is 1.72. The first-order valence-electron chi connectivity index (χ1n) is 8.72. The standard InChI is InChI=1S/C14H20N3O3.C5H10O2/c15-12(13(16)18)8-4-5-9-17-14(19)20-10-11-6-2-1-3-7-11;1-5(2,3)7-4-6/h1-3,6-7,12,15H,4-5,8-10H2,(H2,16,18)(H,17,19);4H,1-3H3/q-1;. The summed E-state index contributed by atoms with van der Waals surface area (Å²) in [5.41, 5.74) is 12.9. The Balaban J connectivity index is 0.000000821. The van der Waals surface area contributed by atoms with Gasteiger partial charge in [0.1, 0.15) is 12.2 Å².